The highest BCUT2D eigenvalue weighted by atomic mass is 16.1. The largest absolute Gasteiger partial charge is 0.301 e. The molecule has 0 bridgehead atoms. The molecule has 0 atom stereocenters. The summed E-state index contributed by atoms with van der Waals surface area (Å²) >= 11 is 0. The SMILES string of the molecule is O=c1nc2ccccn2c2cc3c4ccccc4n(-c4nc(-c5ccccc5)c5ccc6ccccc6c5n4)c3cc12. The molecule has 0 aliphatic rings. The van der Waals surface area contributed by atoms with Crippen LogP contribution in [0.2, 0.25) is 0 Å². The van der Waals surface area contributed by atoms with Gasteiger partial charge >= 0.3 is 0 Å². The molecule has 5 aromatic carbocycles. The summed E-state index contributed by atoms with van der Waals surface area (Å²) in [4.78, 5) is 28.1. The fourth-order valence-electron chi connectivity index (χ4n) is 6.25. The third-order valence-electron chi connectivity index (χ3n) is 8.16. The van der Waals surface area contributed by atoms with Crippen molar-refractivity contribution in [3.05, 3.63) is 138 Å². The number of benzene rings is 5. The van der Waals surface area contributed by atoms with Crippen molar-refractivity contribution < 1.29 is 0 Å². The van der Waals surface area contributed by atoms with Gasteiger partial charge in [0.1, 0.15) is 5.65 Å². The summed E-state index contributed by atoms with van der Waals surface area (Å²) < 4.78 is 4.05. The molecule has 4 heterocycles. The van der Waals surface area contributed by atoms with E-state index in [1.807, 2.05) is 77.3 Å². The van der Waals surface area contributed by atoms with Crippen molar-refractivity contribution in [2.24, 2.45) is 0 Å². The van der Waals surface area contributed by atoms with Crippen LogP contribution in [0.1, 0.15) is 0 Å². The highest BCUT2D eigenvalue weighted by Gasteiger charge is 2.20. The van der Waals surface area contributed by atoms with E-state index in [2.05, 4.69) is 64.1 Å². The first-order valence-corrected chi connectivity index (χ1v) is 13.8. The van der Waals surface area contributed by atoms with Gasteiger partial charge in [0.25, 0.3) is 5.56 Å². The van der Waals surface area contributed by atoms with Crippen LogP contribution in [-0.2, 0) is 0 Å². The van der Waals surface area contributed by atoms with Gasteiger partial charge in [0.05, 0.1) is 33.1 Å². The van der Waals surface area contributed by atoms with Crippen LogP contribution in [0.25, 0.3) is 77.2 Å². The minimum Gasteiger partial charge on any atom is -0.301 e. The Morgan fingerprint density at radius 1 is 0.524 bits per heavy atom. The molecule has 196 valence electrons. The maximum absolute atomic E-state index is 13.3. The second kappa shape index (κ2) is 8.56. The van der Waals surface area contributed by atoms with Gasteiger partial charge in [0.15, 0.2) is 0 Å². The average molecular weight is 540 g/mol. The fourth-order valence-corrected chi connectivity index (χ4v) is 6.25. The summed E-state index contributed by atoms with van der Waals surface area (Å²) in [6, 6.07) is 40.8. The van der Waals surface area contributed by atoms with E-state index >= 15 is 0 Å². The molecule has 0 unspecified atom stereocenters. The third kappa shape index (κ3) is 3.20. The Labute approximate surface area is 238 Å². The van der Waals surface area contributed by atoms with Crippen molar-refractivity contribution in [2.75, 3.05) is 0 Å². The number of pyridine rings is 1. The zero-order chi connectivity index (χ0) is 27.8. The highest BCUT2D eigenvalue weighted by molar-refractivity contribution is 6.14. The summed E-state index contributed by atoms with van der Waals surface area (Å²) in [5.41, 5.74) is 5.77. The Kier molecular flexibility index (Phi) is 4.66. The molecule has 0 saturated heterocycles. The van der Waals surface area contributed by atoms with Crippen LogP contribution in [0.3, 0.4) is 0 Å². The quantitative estimate of drug-likeness (QED) is 0.211. The van der Waals surface area contributed by atoms with Crippen LogP contribution >= 0.6 is 0 Å². The van der Waals surface area contributed by atoms with Gasteiger partial charge in [0, 0.05) is 33.3 Å². The van der Waals surface area contributed by atoms with E-state index in [1.54, 1.807) is 0 Å². The molecule has 0 N–H and O–H groups in total. The number of rotatable bonds is 2. The molecule has 0 spiro atoms. The van der Waals surface area contributed by atoms with Crippen LogP contribution in [0.5, 0.6) is 0 Å². The average Bonchev–Trinajstić information content (AvgIpc) is 3.37. The monoisotopic (exact) mass is 539 g/mol. The Hall–Kier alpha value is -5.88. The molecule has 4 aromatic heterocycles. The number of para-hydroxylation sites is 1. The summed E-state index contributed by atoms with van der Waals surface area (Å²) in [7, 11) is 0. The molecule has 0 aliphatic carbocycles. The van der Waals surface area contributed by atoms with Crippen LogP contribution < -0.4 is 5.56 Å². The van der Waals surface area contributed by atoms with Gasteiger partial charge < -0.3 is 4.40 Å². The molecule has 0 aliphatic heterocycles. The molecule has 6 nitrogen and oxygen atoms in total. The Morgan fingerprint density at radius 2 is 1.29 bits per heavy atom. The third-order valence-corrected chi connectivity index (χ3v) is 8.16. The normalized spacial score (nSPS) is 11.9. The Bertz CT molecular complexity index is 2600. The minimum absolute atomic E-state index is 0.259. The number of aromatic nitrogens is 5. The van der Waals surface area contributed by atoms with Gasteiger partial charge in [-0.15, -0.1) is 0 Å². The Morgan fingerprint density at radius 3 is 2.19 bits per heavy atom. The Balaban J connectivity index is 1.46. The van der Waals surface area contributed by atoms with Crippen molar-refractivity contribution in [2.45, 2.75) is 0 Å². The molecule has 0 amide bonds. The lowest BCUT2D eigenvalue weighted by molar-refractivity contribution is 1.02. The van der Waals surface area contributed by atoms with Gasteiger partial charge in [-0.05, 0) is 41.8 Å². The van der Waals surface area contributed by atoms with Crippen molar-refractivity contribution >= 4 is 60.0 Å². The van der Waals surface area contributed by atoms with Gasteiger partial charge in [-0.2, -0.15) is 4.98 Å². The zero-order valence-corrected chi connectivity index (χ0v) is 22.3. The fraction of sp³-hybridized carbons (Fsp3) is 0. The van der Waals surface area contributed by atoms with E-state index in [-0.39, 0.29) is 5.56 Å². The number of fused-ring (bicyclic) bond motifs is 9. The molecule has 42 heavy (non-hydrogen) atoms. The summed E-state index contributed by atoms with van der Waals surface area (Å²) in [6.45, 7) is 0. The summed E-state index contributed by atoms with van der Waals surface area (Å²) in [6.07, 6.45) is 1.94. The lowest BCUT2D eigenvalue weighted by Crippen LogP contribution is -2.10. The van der Waals surface area contributed by atoms with Crippen molar-refractivity contribution in [1.82, 2.24) is 23.9 Å². The van der Waals surface area contributed by atoms with Crippen LogP contribution in [-0.4, -0.2) is 23.9 Å². The first-order valence-electron chi connectivity index (χ1n) is 13.8. The van der Waals surface area contributed by atoms with E-state index < -0.39 is 0 Å². The molecule has 0 fully saturated rings. The van der Waals surface area contributed by atoms with E-state index in [0.717, 1.165) is 60.3 Å². The minimum atomic E-state index is -0.259. The van der Waals surface area contributed by atoms with E-state index in [9.17, 15) is 4.79 Å². The van der Waals surface area contributed by atoms with Gasteiger partial charge in [-0.25, -0.2) is 9.97 Å². The summed E-state index contributed by atoms with van der Waals surface area (Å²) in [5, 5.41) is 5.80. The van der Waals surface area contributed by atoms with Crippen LogP contribution in [0.4, 0.5) is 0 Å². The predicted octanol–water partition coefficient (Wildman–Crippen LogP) is 7.71. The number of nitrogens with zero attached hydrogens (tertiary/aromatic N) is 5. The molecular formula is C36H21N5O. The van der Waals surface area contributed by atoms with Crippen molar-refractivity contribution in [1.29, 1.82) is 0 Å². The first-order chi connectivity index (χ1) is 20.7. The maximum Gasteiger partial charge on any atom is 0.281 e. The molecule has 0 saturated carbocycles. The second-order valence-corrected chi connectivity index (χ2v) is 10.5. The van der Waals surface area contributed by atoms with Gasteiger partial charge in [0.2, 0.25) is 5.95 Å². The predicted molar refractivity (Wildman–Crippen MR) is 169 cm³/mol. The molecule has 9 aromatic rings. The highest BCUT2D eigenvalue weighted by Crippen LogP contribution is 2.36. The van der Waals surface area contributed by atoms with E-state index in [1.165, 1.54) is 0 Å². The van der Waals surface area contributed by atoms with Crippen LogP contribution in [0.15, 0.2) is 132 Å². The van der Waals surface area contributed by atoms with Gasteiger partial charge in [-0.3, -0.25) is 9.36 Å². The molecule has 9 rings (SSSR count). The topological polar surface area (TPSA) is 65.1 Å². The maximum atomic E-state index is 13.3. The standard InChI is InChI=1S/C36H21N5O/c42-35-28-21-31-27(20-30(28)40-19-9-8-16-32(40)37-35)25-14-6-7-15-29(25)41(31)36-38-33(23-11-2-1-3-12-23)26-18-17-22-10-4-5-13-24(22)34(26)39-36/h1-21H. The zero-order valence-electron chi connectivity index (χ0n) is 22.3. The first kappa shape index (κ1) is 22.9. The second-order valence-electron chi connectivity index (χ2n) is 10.5. The van der Waals surface area contributed by atoms with Crippen LogP contribution in [0, 0.1) is 0 Å². The number of hydrogen-bond donors (Lipinski definition) is 0. The molecule has 0 radical (unpaired) electrons. The molecule has 6 heteroatoms. The van der Waals surface area contributed by atoms with E-state index in [0.29, 0.717) is 17.0 Å². The summed E-state index contributed by atoms with van der Waals surface area (Å²) in [5.74, 6) is 0.553. The lowest BCUT2D eigenvalue weighted by atomic mass is 10.0. The van der Waals surface area contributed by atoms with E-state index in [4.69, 9.17) is 9.97 Å². The smallest absolute Gasteiger partial charge is 0.281 e. The van der Waals surface area contributed by atoms with Crippen molar-refractivity contribution in [3.63, 3.8) is 0 Å². The lowest BCUT2D eigenvalue weighted by Gasteiger charge is -2.13. The van der Waals surface area contributed by atoms with Gasteiger partial charge in [-0.1, -0.05) is 84.9 Å². The number of hydrogen-bond acceptors (Lipinski definition) is 4. The molecular weight excluding hydrogens is 518 g/mol. The van der Waals surface area contributed by atoms with Crippen molar-refractivity contribution in [3.8, 4) is 17.2 Å².